The van der Waals surface area contributed by atoms with Gasteiger partial charge in [-0.3, -0.25) is 14.5 Å². The molecule has 148 valence electrons. The summed E-state index contributed by atoms with van der Waals surface area (Å²) in [5, 5.41) is 2.88. The van der Waals surface area contributed by atoms with Gasteiger partial charge >= 0.3 is 0 Å². The van der Waals surface area contributed by atoms with Crippen molar-refractivity contribution in [2.75, 3.05) is 25.7 Å². The number of rotatable bonds is 6. The summed E-state index contributed by atoms with van der Waals surface area (Å²) in [6.07, 6.45) is 0. The Morgan fingerprint density at radius 3 is 2.71 bits per heavy atom. The number of fused-ring (bicyclic) bond motifs is 1. The Morgan fingerprint density at radius 2 is 2.00 bits per heavy atom. The van der Waals surface area contributed by atoms with E-state index in [4.69, 9.17) is 14.2 Å². The molecule has 1 heterocycles. The van der Waals surface area contributed by atoms with Gasteiger partial charge in [0.05, 0.1) is 19.9 Å². The first kappa shape index (κ1) is 19.5. The summed E-state index contributed by atoms with van der Waals surface area (Å²) in [7, 11) is 3.14. The van der Waals surface area contributed by atoms with Crippen LogP contribution in [0, 0.1) is 6.92 Å². The standard InChI is InChI=1S/C21H24N2O5/c1-13-5-8-18-17(9-13)23(20(24)12-28-18)14(2)21(25)22-11-15-6-7-16(26-3)10-19(15)27-4/h5-10,14H,11-12H2,1-4H3,(H,22,25)/t14-/m0/s1. The van der Waals surface area contributed by atoms with Gasteiger partial charge in [0.25, 0.3) is 5.91 Å². The van der Waals surface area contributed by atoms with Crippen molar-refractivity contribution in [3.63, 3.8) is 0 Å². The van der Waals surface area contributed by atoms with E-state index in [-0.39, 0.29) is 25.0 Å². The quantitative estimate of drug-likeness (QED) is 0.828. The van der Waals surface area contributed by atoms with Crippen LogP contribution < -0.4 is 24.4 Å². The monoisotopic (exact) mass is 384 g/mol. The van der Waals surface area contributed by atoms with Gasteiger partial charge in [-0.2, -0.15) is 0 Å². The third kappa shape index (κ3) is 3.88. The fourth-order valence-electron chi connectivity index (χ4n) is 3.15. The average Bonchev–Trinajstić information content (AvgIpc) is 2.71. The van der Waals surface area contributed by atoms with Crippen LogP contribution in [0.25, 0.3) is 0 Å². The Labute approximate surface area is 164 Å². The van der Waals surface area contributed by atoms with Crippen molar-refractivity contribution < 1.29 is 23.8 Å². The molecule has 2 amide bonds. The van der Waals surface area contributed by atoms with E-state index in [1.165, 1.54) is 4.90 Å². The van der Waals surface area contributed by atoms with Crippen molar-refractivity contribution >= 4 is 17.5 Å². The number of methoxy groups -OCH3 is 2. The largest absolute Gasteiger partial charge is 0.497 e. The Kier molecular flexibility index (Phi) is 5.73. The van der Waals surface area contributed by atoms with E-state index in [0.29, 0.717) is 22.9 Å². The molecule has 2 aromatic carbocycles. The number of benzene rings is 2. The Morgan fingerprint density at radius 1 is 1.21 bits per heavy atom. The van der Waals surface area contributed by atoms with Gasteiger partial charge in [-0.1, -0.05) is 6.07 Å². The van der Waals surface area contributed by atoms with Gasteiger partial charge in [-0.15, -0.1) is 0 Å². The molecular formula is C21H24N2O5. The Hall–Kier alpha value is -3.22. The zero-order valence-electron chi connectivity index (χ0n) is 16.4. The molecule has 0 aromatic heterocycles. The van der Waals surface area contributed by atoms with Gasteiger partial charge in [0.1, 0.15) is 23.3 Å². The van der Waals surface area contributed by atoms with Crippen molar-refractivity contribution in [2.45, 2.75) is 26.4 Å². The van der Waals surface area contributed by atoms with Gasteiger partial charge in [0, 0.05) is 18.2 Å². The minimum Gasteiger partial charge on any atom is -0.497 e. The summed E-state index contributed by atoms with van der Waals surface area (Å²) in [5.74, 6) is 1.38. The lowest BCUT2D eigenvalue weighted by molar-refractivity contribution is -0.127. The number of aryl methyl sites for hydroxylation is 1. The molecular weight excluding hydrogens is 360 g/mol. The summed E-state index contributed by atoms with van der Waals surface area (Å²) in [5.41, 5.74) is 2.41. The first-order valence-electron chi connectivity index (χ1n) is 8.98. The molecule has 3 rings (SSSR count). The van der Waals surface area contributed by atoms with Crippen LogP contribution in [0.4, 0.5) is 5.69 Å². The van der Waals surface area contributed by atoms with E-state index < -0.39 is 6.04 Å². The van der Waals surface area contributed by atoms with Crippen LogP contribution in [-0.4, -0.2) is 38.7 Å². The molecule has 0 radical (unpaired) electrons. The first-order valence-corrected chi connectivity index (χ1v) is 8.98. The molecule has 1 aliphatic heterocycles. The highest BCUT2D eigenvalue weighted by molar-refractivity contribution is 6.03. The molecule has 0 unspecified atom stereocenters. The summed E-state index contributed by atoms with van der Waals surface area (Å²) in [6, 6.07) is 10.3. The van der Waals surface area contributed by atoms with Crippen LogP contribution in [0.3, 0.4) is 0 Å². The first-order chi connectivity index (χ1) is 13.4. The van der Waals surface area contributed by atoms with Gasteiger partial charge in [0.15, 0.2) is 6.61 Å². The van der Waals surface area contributed by atoms with E-state index >= 15 is 0 Å². The topological polar surface area (TPSA) is 77.1 Å². The van der Waals surface area contributed by atoms with E-state index in [1.54, 1.807) is 33.3 Å². The smallest absolute Gasteiger partial charge is 0.265 e. The minimum atomic E-state index is -0.679. The van der Waals surface area contributed by atoms with Gasteiger partial charge in [-0.25, -0.2) is 0 Å². The minimum absolute atomic E-state index is 0.0833. The molecule has 28 heavy (non-hydrogen) atoms. The second-order valence-corrected chi connectivity index (χ2v) is 6.60. The number of amides is 2. The number of carbonyl (C=O) groups excluding carboxylic acids is 2. The molecule has 0 saturated heterocycles. The number of anilines is 1. The van der Waals surface area contributed by atoms with Crippen molar-refractivity contribution in [3.05, 3.63) is 47.5 Å². The molecule has 0 aliphatic carbocycles. The SMILES string of the molecule is COc1ccc(CNC(=O)[C@H](C)N2C(=O)COc3ccc(C)cc32)c(OC)c1. The Balaban J connectivity index is 1.75. The van der Waals surface area contributed by atoms with E-state index in [9.17, 15) is 9.59 Å². The summed E-state index contributed by atoms with van der Waals surface area (Å²) in [4.78, 5) is 26.7. The predicted molar refractivity (Wildman–Crippen MR) is 105 cm³/mol. The van der Waals surface area contributed by atoms with Crippen LogP contribution in [0.15, 0.2) is 36.4 Å². The van der Waals surface area contributed by atoms with Gasteiger partial charge in [0.2, 0.25) is 5.91 Å². The fraction of sp³-hybridized carbons (Fsp3) is 0.333. The number of carbonyl (C=O) groups is 2. The lowest BCUT2D eigenvalue weighted by Gasteiger charge is -2.33. The lowest BCUT2D eigenvalue weighted by atomic mass is 10.1. The molecule has 2 aromatic rings. The average molecular weight is 384 g/mol. The van der Waals surface area contributed by atoms with E-state index in [0.717, 1.165) is 11.1 Å². The maximum Gasteiger partial charge on any atom is 0.265 e. The molecule has 0 fully saturated rings. The third-order valence-corrected chi connectivity index (χ3v) is 4.71. The van der Waals surface area contributed by atoms with Crippen molar-refractivity contribution in [2.24, 2.45) is 0 Å². The number of ether oxygens (including phenoxy) is 3. The summed E-state index contributed by atoms with van der Waals surface area (Å²) >= 11 is 0. The number of hydrogen-bond acceptors (Lipinski definition) is 5. The fourth-order valence-corrected chi connectivity index (χ4v) is 3.15. The van der Waals surface area contributed by atoms with Crippen LogP contribution in [0.1, 0.15) is 18.1 Å². The molecule has 1 atom stereocenters. The summed E-state index contributed by atoms with van der Waals surface area (Å²) < 4.78 is 16.0. The molecule has 7 nitrogen and oxygen atoms in total. The lowest BCUT2D eigenvalue weighted by Crippen LogP contribution is -2.51. The zero-order valence-corrected chi connectivity index (χ0v) is 16.4. The second kappa shape index (κ2) is 8.21. The predicted octanol–water partition coefficient (Wildman–Crippen LogP) is 2.44. The molecule has 0 saturated carbocycles. The molecule has 0 bridgehead atoms. The van der Waals surface area contributed by atoms with Crippen LogP contribution in [0.2, 0.25) is 0 Å². The normalized spacial score (nSPS) is 14.0. The highest BCUT2D eigenvalue weighted by Gasteiger charge is 2.33. The zero-order chi connectivity index (χ0) is 20.3. The van der Waals surface area contributed by atoms with Crippen molar-refractivity contribution in [1.82, 2.24) is 5.32 Å². The highest BCUT2D eigenvalue weighted by atomic mass is 16.5. The Bertz CT molecular complexity index is 896. The maximum absolute atomic E-state index is 12.8. The van der Waals surface area contributed by atoms with Crippen molar-refractivity contribution in [1.29, 1.82) is 0 Å². The number of nitrogens with zero attached hydrogens (tertiary/aromatic N) is 1. The second-order valence-electron chi connectivity index (χ2n) is 6.60. The van der Waals surface area contributed by atoms with Gasteiger partial charge < -0.3 is 19.5 Å². The molecule has 7 heteroatoms. The number of nitrogens with one attached hydrogen (secondary N) is 1. The van der Waals surface area contributed by atoms with Crippen LogP contribution in [0.5, 0.6) is 17.2 Å². The van der Waals surface area contributed by atoms with Crippen LogP contribution in [-0.2, 0) is 16.1 Å². The van der Waals surface area contributed by atoms with Crippen molar-refractivity contribution in [3.8, 4) is 17.2 Å². The number of hydrogen-bond donors (Lipinski definition) is 1. The highest BCUT2D eigenvalue weighted by Crippen LogP contribution is 2.34. The molecule has 1 aliphatic rings. The van der Waals surface area contributed by atoms with E-state index in [1.807, 2.05) is 31.2 Å². The molecule has 0 spiro atoms. The molecule has 1 N–H and O–H groups in total. The summed E-state index contributed by atoms with van der Waals surface area (Å²) in [6.45, 7) is 3.82. The maximum atomic E-state index is 12.8. The van der Waals surface area contributed by atoms with Crippen LogP contribution >= 0.6 is 0 Å². The van der Waals surface area contributed by atoms with Gasteiger partial charge in [-0.05, 0) is 43.7 Å². The third-order valence-electron chi connectivity index (χ3n) is 4.71. The van der Waals surface area contributed by atoms with E-state index in [2.05, 4.69) is 5.32 Å².